The summed E-state index contributed by atoms with van der Waals surface area (Å²) < 4.78 is 5.10. The van der Waals surface area contributed by atoms with Gasteiger partial charge in [0.25, 0.3) is 0 Å². The number of aromatic nitrogens is 1. The van der Waals surface area contributed by atoms with E-state index >= 15 is 0 Å². The molecular weight excluding hydrogens is 387 g/mol. The zero-order valence-electron chi connectivity index (χ0n) is 9.78. The van der Waals surface area contributed by atoms with Crippen LogP contribution in [0.15, 0.2) is 12.3 Å². The summed E-state index contributed by atoms with van der Waals surface area (Å²) in [4.78, 5) is 3.99. The highest BCUT2D eigenvalue weighted by atomic mass is 35.5. The standard InChI is InChI=1S/C12H5Cl6NO/c1-20-4-2-5(12(18)19-3-4)6-7(13)9(15)11(17)10(16)8(6)14/h2-3H,1H3. The minimum atomic E-state index is 0.0825. The van der Waals surface area contributed by atoms with Crippen molar-refractivity contribution in [2.45, 2.75) is 0 Å². The normalized spacial score (nSPS) is 10.8. The molecule has 8 heteroatoms. The Morgan fingerprint density at radius 1 is 0.850 bits per heavy atom. The molecule has 106 valence electrons. The van der Waals surface area contributed by atoms with E-state index in [0.717, 1.165) is 0 Å². The van der Waals surface area contributed by atoms with Crippen molar-refractivity contribution < 1.29 is 4.74 Å². The molecule has 0 radical (unpaired) electrons. The van der Waals surface area contributed by atoms with E-state index in [1.807, 2.05) is 0 Å². The number of benzene rings is 1. The number of nitrogens with zero attached hydrogens (tertiary/aromatic N) is 1. The van der Waals surface area contributed by atoms with Gasteiger partial charge in [-0.1, -0.05) is 69.6 Å². The first kappa shape index (κ1) is 16.3. The van der Waals surface area contributed by atoms with Crippen molar-refractivity contribution in [1.82, 2.24) is 4.98 Å². The summed E-state index contributed by atoms with van der Waals surface area (Å²) in [6, 6.07) is 1.63. The van der Waals surface area contributed by atoms with Crippen LogP contribution in [0.2, 0.25) is 30.3 Å². The molecule has 1 aromatic carbocycles. The third-order valence-corrected chi connectivity index (χ3v) is 5.11. The molecule has 0 fully saturated rings. The van der Waals surface area contributed by atoms with Gasteiger partial charge in [-0.2, -0.15) is 0 Å². The molecule has 20 heavy (non-hydrogen) atoms. The Balaban J connectivity index is 2.83. The van der Waals surface area contributed by atoms with Crippen LogP contribution >= 0.6 is 69.6 Å². The van der Waals surface area contributed by atoms with Gasteiger partial charge in [0.05, 0.1) is 38.4 Å². The van der Waals surface area contributed by atoms with Crippen molar-refractivity contribution in [3.8, 4) is 16.9 Å². The van der Waals surface area contributed by atoms with Crippen LogP contribution in [0.1, 0.15) is 0 Å². The van der Waals surface area contributed by atoms with E-state index in [0.29, 0.717) is 16.9 Å². The molecule has 0 aliphatic heterocycles. The Labute approximate surface area is 145 Å². The van der Waals surface area contributed by atoms with Crippen LogP contribution in [0.4, 0.5) is 0 Å². The average Bonchev–Trinajstić information content (AvgIpc) is 2.45. The number of halogens is 6. The fourth-order valence-corrected chi connectivity index (χ4v) is 3.10. The number of hydrogen-bond donors (Lipinski definition) is 0. The molecule has 2 aromatic rings. The third-order valence-electron chi connectivity index (χ3n) is 2.53. The first-order valence-corrected chi connectivity index (χ1v) is 7.36. The Morgan fingerprint density at radius 3 is 1.85 bits per heavy atom. The molecular formula is C12H5Cl6NO. The van der Waals surface area contributed by atoms with Crippen molar-refractivity contribution in [1.29, 1.82) is 0 Å². The maximum Gasteiger partial charge on any atom is 0.137 e. The monoisotopic (exact) mass is 389 g/mol. The summed E-state index contributed by atoms with van der Waals surface area (Å²) in [6.07, 6.45) is 1.47. The number of ether oxygens (including phenoxy) is 1. The van der Waals surface area contributed by atoms with Crippen LogP contribution in [-0.4, -0.2) is 12.1 Å². The maximum absolute atomic E-state index is 6.19. The van der Waals surface area contributed by atoms with Crippen molar-refractivity contribution in [2.24, 2.45) is 0 Å². The van der Waals surface area contributed by atoms with Crippen LogP contribution < -0.4 is 4.74 Å². The Hall–Kier alpha value is -0.0900. The van der Waals surface area contributed by atoms with Crippen molar-refractivity contribution in [3.05, 3.63) is 42.5 Å². The highest BCUT2D eigenvalue weighted by Gasteiger charge is 2.22. The van der Waals surface area contributed by atoms with Crippen LogP contribution in [0, 0.1) is 0 Å². The minimum absolute atomic E-state index is 0.0825. The molecule has 0 amide bonds. The SMILES string of the molecule is COc1cnc(Cl)c(-c2c(Cl)c(Cl)c(Cl)c(Cl)c2Cl)c1. The largest absolute Gasteiger partial charge is 0.495 e. The van der Waals surface area contributed by atoms with Gasteiger partial charge >= 0.3 is 0 Å². The van der Waals surface area contributed by atoms with Crippen molar-refractivity contribution in [2.75, 3.05) is 7.11 Å². The number of hydrogen-bond acceptors (Lipinski definition) is 2. The molecule has 0 saturated heterocycles. The highest BCUT2D eigenvalue weighted by Crippen LogP contribution is 2.49. The minimum Gasteiger partial charge on any atom is -0.495 e. The Kier molecular flexibility index (Phi) is 5.17. The lowest BCUT2D eigenvalue weighted by molar-refractivity contribution is 0.413. The Morgan fingerprint density at radius 2 is 1.35 bits per heavy atom. The first-order chi connectivity index (χ1) is 9.38. The predicted octanol–water partition coefficient (Wildman–Crippen LogP) is 6.68. The summed E-state index contributed by atoms with van der Waals surface area (Å²) in [5.74, 6) is 0.485. The topological polar surface area (TPSA) is 22.1 Å². The number of methoxy groups -OCH3 is 1. The zero-order valence-corrected chi connectivity index (χ0v) is 14.3. The summed E-state index contributed by atoms with van der Waals surface area (Å²) in [5.41, 5.74) is 0.797. The van der Waals surface area contributed by atoms with Crippen molar-refractivity contribution >= 4 is 69.6 Å². The number of pyridine rings is 1. The Bertz CT molecular complexity index is 659. The first-order valence-electron chi connectivity index (χ1n) is 5.09. The molecule has 0 spiro atoms. The fraction of sp³-hybridized carbons (Fsp3) is 0.0833. The molecule has 0 saturated carbocycles. The summed E-state index contributed by atoms with van der Waals surface area (Å²) in [6.45, 7) is 0. The molecule has 0 N–H and O–H groups in total. The zero-order chi connectivity index (χ0) is 15.0. The third kappa shape index (κ3) is 2.78. The fourth-order valence-electron chi connectivity index (χ4n) is 1.56. The molecule has 1 aromatic heterocycles. The number of rotatable bonds is 2. The lowest BCUT2D eigenvalue weighted by atomic mass is 10.1. The smallest absolute Gasteiger partial charge is 0.137 e. The average molecular weight is 392 g/mol. The summed E-state index contributed by atoms with van der Waals surface area (Å²) in [5, 5.41) is 0.738. The van der Waals surface area contributed by atoms with Gasteiger partial charge in [-0.15, -0.1) is 0 Å². The summed E-state index contributed by atoms with van der Waals surface area (Å²) in [7, 11) is 1.50. The van der Waals surface area contributed by atoms with Crippen LogP contribution in [0.25, 0.3) is 11.1 Å². The lowest BCUT2D eigenvalue weighted by Gasteiger charge is -2.14. The van der Waals surface area contributed by atoms with Crippen molar-refractivity contribution in [3.63, 3.8) is 0 Å². The second-order valence-electron chi connectivity index (χ2n) is 3.66. The van der Waals surface area contributed by atoms with Gasteiger partial charge in [-0.3, -0.25) is 0 Å². The van der Waals surface area contributed by atoms with Gasteiger partial charge in [-0.25, -0.2) is 4.98 Å². The highest BCUT2D eigenvalue weighted by molar-refractivity contribution is 6.56. The molecule has 2 rings (SSSR count). The maximum atomic E-state index is 6.19. The van der Waals surface area contributed by atoms with E-state index < -0.39 is 0 Å². The van der Waals surface area contributed by atoms with Crippen LogP contribution in [0.3, 0.4) is 0 Å². The second kappa shape index (κ2) is 6.35. The van der Waals surface area contributed by atoms with E-state index in [9.17, 15) is 0 Å². The molecule has 0 unspecified atom stereocenters. The van der Waals surface area contributed by atoms with Gasteiger partial charge in [0.1, 0.15) is 10.9 Å². The van der Waals surface area contributed by atoms with E-state index in [1.54, 1.807) is 6.07 Å². The van der Waals surface area contributed by atoms with E-state index in [4.69, 9.17) is 74.3 Å². The van der Waals surface area contributed by atoms with Crippen LogP contribution in [0.5, 0.6) is 5.75 Å². The van der Waals surface area contributed by atoms with Gasteiger partial charge in [-0.05, 0) is 6.07 Å². The molecule has 2 nitrogen and oxygen atoms in total. The van der Waals surface area contributed by atoms with E-state index in [1.165, 1.54) is 13.3 Å². The van der Waals surface area contributed by atoms with Gasteiger partial charge in [0.15, 0.2) is 0 Å². The van der Waals surface area contributed by atoms with Gasteiger partial charge in [0.2, 0.25) is 0 Å². The van der Waals surface area contributed by atoms with Crippen LogP contribution in [-0.2, 0) is 0 Å². The molecule has 0 aliphatic carbocycles. The quantitative estimate of drug-likeness (QED) is 0.323. The molecule has 0 aliphatic rings. The summed E-state index contributed by atoms with van der Waals surface area (Å²) >= 11 is 36.5. The lowest BCUT2D eigenvalue weighted by Crippen LogP contribution is -1.92. The molecule has 0 bridgehead atoms. The van der Waals surface area contributed by atoms with E-state index in [2.05, 4.69) is 4.98 Å². The van der Waals surface area contributed by atoms with Gasteiger partial charge in [0, 0.05) is 11.1 Å². The molecule has 1 heterocycles. The molecule has 0 atom stereocenters. The second-order valence-corrected chi connectivity index (χ2v) is 5.91. The predicted molar refractivity (Wildman–Crippen MR) is 86.3 cm³/mol. The van der Waals surface area contributed by atoms with E-state index in [-0.39, 0.29) is 30.3 Å². The van der Waals surface area contributed by atoms with Gasteiger partial charge < -0.3 is 4.74 Å².